The van der Waals surface area contributed by atoms with Crippen molar-refractivity contribution in [2.24, 2.45) is 0 Å². The molecule has 0 unspecified atom stereocenters. The van der Waals surface area contributed by atoms with Crippen molar-refractivity contribution in [2.45, 2.75) is 19.8 Å². The van der Waals surface area contributed by atoms with E-state index in [1.807, 2.05) is 19.1 Å². The third-order valence-corrected chi connectivity index (χ3v) is 2.66. The van der Waals surface area contributed by atoms with Gasteiger partial charge in [-0.3, -0.25) is 0 Å². The molecule has 0 saturated heterocycles. The molecule has 0 aliphatic rings. The molecule has 0 aliphatic heterocycles. The first-order valence-corrected chi connectivity index (χ1v) is 5.64. The summed E-state index contributed by atoms with van der Waals surface area (Å²) in [4.78, 5) is 14.4. The maximum atomic E-state index is 12.6. The number of aromatic carboxylic acids is 1. The summed E-state index contributed by atoms with van der Waals surface area (Å²) >= 11 is 0. The molecule has 1 N–H and O–H groups in total. The SMILES string of the molecule is CCc1ccc(-c2nc(C(F)F)c(C(=O)O)o2)cc1. The predicted octanol–water partition coefficient (Wildman–Crippen LogP) is 3.54. The minimum Gasteiger partial charge on any atom is -0.475 e. The zero-order valence-corrected chi connectivity index (χ0v) is 10.1. The first-order chi connectivity index (χ1) is 9.02. The Morgan fingerprint density at radius 3 is 2.42 bits per heavy atom. The van der Waals surface area contributed by atoms with E-state index in [2.05, 4.69) is 4.98 Å². The largest absolute Gasteiger partial charge is 0.475 e. The Labute approximate surface area is 107 Å². The summed E-state index contributed by atoms with van der Waals surface area (Å²) in [6.45, 7) is 1.98. The van der Waals surface area contributed by atoms with Crippen molar-refractivity contribution in [2.75, 3.05) is 0 Å². The van der Waals surface area contributed by atoms with E-state index in [1.165, 1.54) is 0 Å². The van der Waals surface area contributed by atoms with Crippen LogP contribution in [0.1, 0.15) is 35.2 Å². The summed E-state index contributed by atoms with van der Waals surface area (Å²) in [5.74, 6) is -2.49. The minimum absolute atomic E-state index is 0.115. The molecule has 0 amide bonds. The minimum atomic E-state index is -2.99. The lowest BCUT2D eigenvalue weighted by Gasteiger charge is -1.97. The van der Waals surface area contributed by atoms with Crippen molar-refractivity contribution >= 4 is 5.97 Å². The lowest BCUT2D eigenvalue weighted by atomic mass is 10.1. The monoisotopic (exact) mass is 267 g/mol. The average Bonchev–Trinajstić information content (AvgIpc) is 2.84. The van der Waals surface area contributed by atoms with Crippen LogP contribution in [0, 0.1) is 0 Å². The summed E-state index contributed by atoms with van der Waals surface area (Å²) in [7, 11) is 0. The van der Waals surface area contributed by atoms with Crippen LogP contribution in [0.5, 0.6) is 0 Å². The predicted molar refractivity (Wildman–Crippen MR) is 63.2 cm³/mol. The van der Waals surface area contributed by atoms with Crippen LogP contribution < -0.4 is 0 Å². The molecule has 1 aromatic heterocycles. The number of alkyl halides is 2. The van der Waals surface area contributed by atoms with Gasteiger partial charge in [-0.05, 0) is 24.1 Å². The van der Waals surface area contributed by atoms with E-state index in [-0.39, 0.29) is 5.89 Å². The number of hydrogen-bond donors (Lipinski definition) is 1. The van der Waals surface area contributed by atoms with E-state index >= 15 is 0 Å². The van der Waals surface area contributed by atoms with Crippen LogP contribution in [-0.2, 0) is 6.42 Å². The lowest BCUT2D eigenvalue weighted by Crippen LogP contribution is -1.99. The van der Waals surface area contributed by atoms with Gasteiger partial charge in [-0.15, -0.1) is 0 Å². The molecule has 0 saturated carbocycles. The number of aromatic nitrogens is 1. The fourth-order valence-corrected chi connectivity index (χ4v) is 1.64. The molecule has 0 radical (unpaired) electrons. The van der Waals surface area contributed by atoms with Gasteiger partial charge in [0.15, 0.2) is 5.69 Å². The summed E-state index contributed by atoms with van der Waals surface area (Å²) in [6, 6.07) is 6.93. The molecule has 0 bridgehead atoms. The molecule has 4 nitrogen and oxygen atoms in total. The third kappa shape index (κ3) is 2.62. The van der Waals surface area contributed by atoms with Gasteiger partial charge < -0.3 is 9.52 Å². The topological polar surface area (TPSA) is 63.3 Å². The molecule has 19 heavy (non-hydrogen) atoms. The number of rotatable bonds is 4. The fraction of sp³-hybridized carbons (Fsp3) is 0.231. The normalized spacial score (nSPS) is 10.9. The fourth-order valence-electron chi connectivity index (χ4n) is 1.64. The van der Waals surface area contributed by atoms with Crippen LogP contribution >= 0.6 is 0 Å². The number of benzene rings is 1. The van der Waals surface area contributed by atoms with E-state index < -0.39 is 23.8 Å². The van der Waals surface area contributed by atoms with Gasteiger partial charge in [0.2, 0.25) is 11.7 Å². The number of aryl methyl sites for hydroxylation is 1. The van der Waals surface area contributed by atoms with Crippen molar-refractivity contribution in [3.8, 4) is 11.5 Å². The zero-order chi connectivity index (χ0) is 14.0. The molecular weight excluding hydrogens is 256 g/mol. The zero-order valence-electron chi connectivity index (χ0n) is 10.1. The smallest absolute Gasteiger partial charge is 0.374 e. The molecule has 6 heteroatoms. The van der Waals surface area contributed by atoms with Crippen molar-refractivity contribution < 1.29 is 23.1 Å². The van der Waals surface area contributed by atoms with Gasteiger partial charge in [0, 0.05) is 5.56 Å². The number of nitrogens with zero attached hydrogens (tertiary/aromatic N) is 1. The van der Waals surface area contributed by atoms with Crippen LogP contribution in [0.4, 0.5) is 8.78 Å². The number of halogens is 2. The van der Waals surface area contributed by atoms with E-state index in [4.69, 9.17) is 9.52 Å². The molecule has 100 valence electrons. The number of carbonyl (C=O) groups is 1. The average molecular weight is 267 g/mol. The van der Waals surface area contributed by atoms with Gasteiger partial charge >= 0.3 is 5.97 Å². The van der Waals surface area contributed by atoms with Gasteiger partial charge in [-0.25, -0.2) is 18.6 Å². The molecule has 0 spiro atoms. The molecule has 0 fully saturated rings. The molecule has 2 rings (SSSR count). The van der Waals surface area contributed by atoms with E-state index in [9.17, 15) is 13.6 Å². The van der Waals surface area contributed by atoms with Crippen LogP contribution in [0.3, 0.4) is 0 Å². The Morgan fingerprint density at radius 1 is 1.37 bits per heavy atom. The van der Waals surface area contributed by atoms with Gasteiger partial charge in [0.25, 0.3) is 6.43 Å². The van der Waals surface area contributed by atoms with Crippen molar-refractivity contribution in [3.05, 3.63) is 41.3 Å². The van der Waals surface area contributed by atoms with Gasteiger partial charge in [0.1, 0.15) is 0 Å². The second-order valence-electron chi connectivity index (χ2n) is 3.89. The van der Waals surface area contributed by atoms with Crippen molar-refractivity contribution in [1.82, 2.24) is 4.98 Å². The van der Waals surface area contributed by atoms with Crippen molar-refractivity contribution in [1.29, 1.82) is 0 Å². The highest BCUT2D eigenvalue weighted by atomic mass is 19.3. The number of carboxylic acid groups (broad SMARTS) is 1. The highest BCUT2D eigenvalue weighted by Crippen LogP contribution is 2.28. The number of oxazole rings is 1. The maximum Gasteiger partial charge on any atom is 0.374 e. The Hall–Kier alpha value is -2.24. The molecule has 0 atom stereocenters. The summed E-state index contributed by atoms with van der Waals surface area (Å²) in [5, 5.41) is 8.79. The standard InChI is InChI=1S/C13H11F2NO3/c1-2-7-3-5-8(6-4-7)12-16-9(11(14)15)10(19-12)13(17)18/h3-6,11H,2H2,1H3,(H,17,18). The Bertz CT molecular complexity index is 590. The van der Waals surface area contributed by atoms with Crippen molar-refractivity contribution in [3.63, 3.8) is 0 Å². The van der Waals surface area contributed by atoms with Crippen LogP contribution in [0.2, 0.25) is 0 Å². The van der Waals surface area contributed by atoms with Crippen LogP contribution in [-0.4, -0.2) is 16.1 Å². The van der Waals surface area contributed by atoms with E-state index in [0.29, 0.717) is 5.56 Å². The van der Waals surface area contributed by atoms with E-state index in [1.54, 1.807) is 12.1 Å². The Kier molecular flexibility index (Phi) is 3.59. The van der Waals surface area contributed by atoms with Crippen LogP contribution in [0.15, 0.2) is 28.7 Å². The first-order valence-electron chi connectivity index (χ1n) is 5.64. The van der Waals surface area contributed by atoms with Gasteiger partial charge in [-0.2, -0.15) is 0 Å². The van der Waals surface area contributed by atoms with Crippen LogP contribution in [0.25, 0.3) is 11.5 Å². The highest BCUT2D eigenvalue weighted by Gasteiger charge is 2.26. The number of carboxylic acids is 1. The molecular formula is C13H11F2NO3. The Balaban J connectivity index is 2.44. The molecule has 1 aromatic carbocycles. The second kappa shape index (κ2) is 5.17. The molecule has 2 aromatic rings. The third-order valence-electron chi connectivity index (χ3n) is 2.66. The summed E-state index contributed by atoms with van der Waals surface area (Å²) in [5.41, 5.74) is 0.691. The quantitative estimate of drug-likeness (QED) is 0.920. The van der Waals surface area contributed by atoms with Gasteiger partial charge in [-0.1, -0.05) is 19.1 Å². The van der Waals surface area contributed by atoms with Gasteiger partial charge in [0.05, 0.1) is 0 Å². The lowest BCUT2D eigenvalue weighted by molar-refractivity contribution is 0.0647. The van der Waals surface area contributed by atoms with E-state index in [0.717, 1.165) is 12.0 Å². The molecule has 1 heterocycles. The maximum absolute atomic E-state index is 12.6. The summed E-state index contributed by atoms with van der Waals surface area (Å²) in [6.07, 6.45) is -2.15. The summed E-state index contributed by atoms with van der Waals surface area (Å²) < 4.78 is 30.2. The first kappa shape index (κ1) is 13.2. The molecule has 0 aliphatic carbocycles. The number of hydrogen-bond acceptors (Lipinski definition) is 3. The Morgan fingerprint density at radius 2 is 2.00 bits per heavy atom. The highest BCUT2D eigenvalue weighted by molar-refractivity contribution is 5.86. The second-order valence-corrected chi connectivity index (χ2v) is 3.89.